The summed E-state index contributed by atoms with van der Waals surface area (Å²) < 4.78 is 11.8. The van der Waals surface area contributed by atoms with Crippen molar-refractivity contribution in [2.24, 2.45) is 0 Å². The molecule has 1 aromatic rings. The van der Waals surface area contributed by atoms with Crippen LogP contribution < -0.4 is 0 Å². The van der Waals surface area contributed by atoms with Gasteiger partial charge in [0.05, 0.1) is 0 Å². The van der Waals surface area contributed by atoms with Crippen molar-refractivity contribution in [3.05, 3.63) is 30.3 Å². The third-order valence-electron chi connectivity index (χ3n) is 0.568. The molecular formula is C5H3FNY-. The van der Waals surface area contributed by atoms with E-state index in [1.807, 2.05) is 0 Å². The molecule has 1 rings (SSSR count). The van der Waals surface area contributed by atoms with Gasteiger partial charge >= 0.3 is 0 Å². The molecule has 0 aliphatic carbocycles. The van der Waals surface area contributed by atoms with Crippen LogP contribution in [-0.2, 0) is 32.7 Å². The molecule has 0 aliphatic heterocycles. The van der Waals surface area contributed by atoms with Gasteiger partial charge in [-0.15, -0.1) is 0 Å². The van der Waals surface area contributed by atoms with Gasteiger partial charge < -0.3 is 9.37 Å². The molecule has 1 aromatic heterocycles. The fourth-order valence-electron chi connectivity index (χ4n) is 0.306. The van der Waals surface area contributed by atoms with E-state index < -0.39 is 0 Å². The van der Waals surface area contributed by atoms with Crippen LogP contribution in [-0.4, -0.2) is 4.98 Å². The van der Waals surface area contributed by atoms with Crippen molar-refractivity contribution in [2.75, 3.05) is 0 Å². The van der Waals surface area contributed by atoms with Crippen molar-refractivity contribution in [1.29, 1.82) is 0 Å². The largest absolute Gasteiger partial charge is 0.319 e. The minimum Gasteiger partial charge on any atom is -0.319 e. The van der Waals surface area contributed by atoms with E-state index in [1.165, 1.54) is 12.3 Å². The first kappa shape index (κ1) is 8.18. The molecule has 3 heteroatoms. The topological polar surface area (TPSA) is 12.9 Å². The summed E-state index contributed by atoms with van der Waals surface area (Å²) in [6, 6.07) is 3.70. The molecule has 0 unspecified atom stereocenters. The summed E-state index contributed by atoms with van der Waals surface area (Å²) >= 11 is 0. The van der Waals surface area contributed by atoms with E-state index in [2.05, 4.69) is 11.1 Å². The number of nitrogens with zero attached hydrogens (tertiary/aromatic N) is 1. The average molecular weight is 185 g/mol. The van der Waals surface area contributed by atoms with Crippen molar-refractivity contribution < 1.29 is 37.1 Å². The molecule has 0 N–H and O–H groups in total. The van der Waals surface area contributed by atoms with Gasteiger partial charge in [-0.05, 0) is 12.0 Å². The summed E-state index contributed by atoms with van der Waals surface area (Å²) in [5.41, 5.74) is 0. The van der Waals surface area contributed by atoms with E-state index in [-0.39, 0.29) is 38.5 Å². The molecule has 8 heavy (non-hydrogen) atoms. The van der Waals surface area contributed by atoms with Crippen molar-refractivity contribution in [3.63, 3.8) is 0 Å². The number of hydrogen-bond donors (Lipinski definition) is 0. The van der Waals surface area contributed by atoms with Crippen LogP contribution in [0.3, 0.4) is 0 Å². The first-order chi connectivity index (χ1) is 3.39. The minimum absolute atomic E-state index is 0. The molecule has 0 amide bonds. The first-order valence-electron chi connectivity index (χ1n) is 1.86. The predicted octanol–water partition coefficient (Wildman–Crippen LogP) is 1.02. The van der Waals surface area contributed by atoms with Crippen LogP contribution in [0, 0.1) is 11.9 Å². The summed E-state index contributed by atoms with van der Waals surface area (Å²) in [5.74, 6) is -0.345. The van der Waals surface area contributed by atoms with Gasteiger partial charge in [0, 0.05) is 32.7 Å². The van der Waals surface area contributed by atoms with Crippen LogP contribution in [0.15, 0.2) is 18.5 Å². The smallest absolute Gasteiger partial charge is 0 e. The van der Waals surface area contributed by atoms with E-state index in [0.29, 0.717) is 0 Å². The van der Waals surface area contributed by atoms with Crippen LogP contribution in [0.1, 0.15) is 0 Å². The molecule has 1 radical (unpaired) electrons. The number of rotatable bonds is 0. The average Bonchev–Trinajstić information content (AvgIpc) is 1.69. The van der Waals surface area contributed by atoms with Crippen molar-refractivity contribution in [1.82, 2.24) is 4.98 Å². The molecule has 0 saturated carbocycles. The molecule has 1 heterocycles. The maximum absolute atomic E-state index is 11.8. The molecule has 0 aliphatic rings. The minimum atomic E-state index is -0.345. The van der Waals surface area contributed by atoms with Gasteiger partial charge in [0.15, 0.2) is 0 Å². The fourth-order valence-corrected chi connectivity index (χ4v) is 0.306. The van der Waals surface area contributed by atoms with E-state index in [4.69, 9.17) is 0 Å². The molecule has 0 aromatic carbocycles. The maximum atomic E-state index is 11.8. The third kappa shape index (κ3) is 2.48. The normalized spacial score (nSPS) is 7.62. The Balaban J connectivity index is 0.000000490. The Morgan fingerprint density at radius 1 is 1.62 bits per heavy atom. The Morgan fingerprint density at radius 3 is 2.62 bits per heavy atom. The van der Waals surface area contributed by atoms with Gasteiger partial charge in [-0.3, -0.25) is 0 Å². The summed E-state index contributed by atoms with van der Waals surface area (Å²) in [4.78, 5) is 3.45. The number of halogens is 1. The molecule has 0 fully saturated rings. The standard InChI is InChI=1S/C5H3FN.Y/c6-5-2-1-3-7-4-5;/h2-4H;/q-1;. The maximum Gasteiger partial charge on any atom is 0 e. The van der Waals surface area contributed by atoms with Gasteiger partial charge in [-0.1, -0.05) is 6.20 Å². The van der Waals surface area contributed by atoms with Crippen molar-refractivity contribution in [3.8, 4) is 0 Å². The molecule has 0 saturated heterocycles. The van der Waals surface area contributed by atoms with E-state index >= 15 is 0 Å². The van der Waals surface area contributed by atoms with Gasteiger partial charge in [0.1, 0.15) is 0 Å². The Labute approximate surface area is 72.2 Å². The fraction of sp³-hybridized carbons (Fsp3) is 0. The summed E-state index contributed by atoms with van der Waals surface area (Å²) in [6.07, 6.45) is 2.54. The van der Waals surface area contributed by atoms with Crippen molar-refractivity contribution >= 4 is 0 Å². The van der Waals surface area contributed by atoms with E-state index in [0.717, 1.165) is 6.20 Å². The second-order valence-electron chi connectivity index (χ2n) is 1.10. The van der Waals surface area contributed by atoms with E-state index in [9.17, 15) is 4.39 Å². The zero-order valence-electron chi connectivity index (χ0n) is 4.13. The van der Waals surface area contributed by atoms with Gasteiger partial charge in [0.25, 0.3) is 0 Å². The first-order valence-corrected chi connectivity index (χ1v) is 1.86. The molecule has 1 nitrogen and oxygen atoms in total. The van der Waals surface area contributed by atoms with Crippen LogP contribution in [0.5, 0.6) is 0 Å². The quantitative estimate of drug-likeness (QED) is 0.549. The summed E-state index contributed by atoms with van der Waals surface area (Å²) in [5, 5.41) is 0. The number of hydrogen-bond acceptors (Lipinski definition) is 1. The van der Waals surface area contributed by atoms with Crippen LogP contribution in [0.4, 0.5) is 4.39 Å². The summed E-state index contributed by atoms with van der Waals surface area (Å²) in [6.45, 7) is 0. The van der Waals surface area contributed by atoms with Gasteiger partial charge in [-0.25, -0.2) is 6.07 Å². The van der Waals surface area contributed by atoms with E-state index in [1.54, 1.807) is 0 Å². The number of aromatic nitrogens is 1. The summed E-state index contributed by atoms with van der Waals surface area (Å²) in [7, 11) is 0. The van der Waals surface area contributed by atoms with Crippen LogP contribution in [0.2, 0.25) is 0 Å². The Bertz CT molecular complexity index is 142. The van der Waals surface area contributed by atoms with Crippen LogP contribution in [0.25, 0.3) is 0 Å². The zero-order chi connectivity index (χ0) is 5.11. The Kier molecular flexibility index (Phi) is 4.20. The molecular weight excluding hydrogens is 182 g/mol. The zero-order valence-corrected chi connectivity index (χ0v) is 6.97. The second kappa shape index (κ2) is 4.10. The number of pyridine rings is 1. The molecule has 0 spiro atoms. The van der Waals surface area contributed by atoms with Crippen molar-refractivity contribution in [2.45, 2.75) is 0 Å². The third-order valence-corrected chi connectivity index (χ3v) is 0.568. The van der Waals surface area contributed by atoms with Gasteiger partial charge in [-0.2, -0.15) is 6.07 Å². The molecule has 39 valence electrons. The SMILES string of the molecule is Fc1c[c-]cnc1.[Y]. The molecule has 0 atom stereocenters. The predicted molar refractivity (Wildman–Crippen MR) is 23.0 cm³/mol. The Morgan fingerprint density at radius 2 is 2.38 bits per heavy atom. The van der Waals surface area contributed by atoms with Crippen LogP contribution >= 0.6 is 0 Å². The Hall–Kier alpha value is 0.184. The molecule has 0 bridgehead atoms. The van der Waals surface area contributed by atoms with Gasteiger partial charge in [0.2, 0.25) is 0 Å². The monoisotopic (exact) mass is 185 g/mol. The second-order valence-corrected chi connectivity index (χ2v) is 1.10.